The van der Waals surface area contributed by atoms with Crippen LogP contribution in [0.5, 0.6) is 0 Å². The minimum atomic E-state index is 0.403. The number of guanidine groups is 1. The third kappa shape index (κ3) is 6.28. The van der Waals surface area contributed by atoms with Crippen LogP contribution < -0.4 is 10.6 Å². The van der Waals surface area contributed by atoms with E-state index in [1.165, 1.54) is 25.7 Å². The van der Waals surface area contributed by atoms with Crippen LogP contribution in [0.2, 0.25) is 0 Å². The first kappa shape index (κ1) is 16.3. The van der Waals surface area contributed by atoms with Gasteiger partial charge >= 0.3 is 0 Å². The number of rotatable bonds is 8. The van der Waals surface area contributed by atoms with E-state index in [-0.39, 0.29) is 0 Å². The van der Waals surface area contributed by atoms with Crippen molar-refractivity contribution in [3.05, 3.63) is 0 Å². The molecule has 19 heavy (non-hydrogen) atoms. The second-order valence-electron chi connectivity index (χ2n) is 5.12. The Morgan fingerprint density at radius 2 is 1.79 bits per heavy atom. The van der Waals surface area contributed by atoms with Crippen molar-refractivity contribution >= 4 is 5.96 Å². The normalized spacial score (nSPS) is 17.2. The highest BCUT2D eigenvalue weighted by Crippen LogP contribution is 2.30. The SMILES string of the molecule is CCNC(=NCCC(OCC)C1CCCC1)NCC. The van der Waals surface area contributed by atoms with Crippen LogP contribution in [0.1, 0.15) is 52.9 Å². The molecule has 1 fully saturated rings. The molecule has 0 aromatic rings. The van der Waals surface area contributed by atoms with Crippen molar-refractivity contribution < 1.29 is 4.74 Å². The molecule has 1 aliphatic carbocycles. The zero-order chi connectivity index (χ0) is 13.9. The molecule has 0 heterocycles. The van der Waals surface area contributed by atoms with Gasteiger partial charge < -0.3 is 15.4 Å². The van der Waals surface area contributed by atoms with Crippen molar-refractivity contribution in [2.45, 2.75) is 59.0 Å². The Labute approximate surface area is 118 Å². The van der Waals surface area contributed by atoms with Crippen LogP contribution in [-0.2, 0) is 4.74 Å². The van der Waals surface area contributed by atoms with Gasteiger partial charge in [0.15, 0.2) is 5.96 Å². The van der Waals surface area contributed by atoms with Gasteiger partial charge in [-0.25, -0.2) is 0 Å². The third-order valence-electron chi connectivity index (χ3n) is 3.68. The van der Waals surface area contributed by atoms with Crippen LogP contribution in [0.15, 0.2) is 4.99 Å². The minimum Gasteiger partial charge on any atom is -0.378 e. The third-order valence-corrected chi connectivity index (χ3v) is 3.68. The van der Waals surface area contributed by atoms with E-state index in [0.29, 0.717) is 6.10 Å². The molecule has 1 aliphatic rings. The Bertz CT molecular complexity index is 242. The number of hydrogen-bond acceptors (Lipinski definition) is 2. The summed E-state index contributed by atoms with van der Waals surface area (Å²) in [6, 6.07) is 0. The fraction of sp³-hybridized carbons (Fsp3) is 0.933. The molecular formula is C15H31N3O. The fourth-order valence-corrected chi connectivity index (χ4v) is 2.81. The molecule has 0 amide bonds. The lowest BCUT2D eigenvalue weighted by Crippen LogP contribution is -2.37. The summed E-state index contributed by atoms with van der Waals surface area (Å²) >= 11 is 0. The van der Waals surface area contributed by atoms with Gasteiger partial charge in [0.25, 0.3) is 0 Å². The summed E-state index contributed by atoms with van der Waals surface area (Å²) in [6.07, 6.45) is 6.86. The largest absolute Gasteiger partial charge is 0.378 e. The molecule has 0 aromatic heterocycles. The van der Waals surface area contributed by atoms with Crippen molar-refractivity contribution in [3.8, 4) is 0 Å². The van der Waals surface area contributed by atoms with Crippen molar-refractivity contribution in [1.82, 2.24) is 10.6 Å². The highest BCUT2D eigenvalue weighted by Gasteiger charge is 2.24. The van der Waals surface area contributed by atoms with Crippen LogP contribution in [0.4, 0.5) is 0 Å². The first-order valence-corrected chi connectivity index (χ1v) is 7.95. The standard InChI is InChI=1S/C15H31N3O/c1-4-16-15(17-5-2)18-12-11-14(19-6-3)13-9-7-8-10-13/h13-14H,4-12H2,1-3H3,(H2,16,17,18). The lowest BCUT2D eigenvalue weighted by atomic mass is 9.98. The van der Waals surface area contributed by atoms with Gasteiger partial charge in [-0.05, 0) is 46.0 Å². The summed E-state index contributed by atoms with van der Waals surface area (Å²) in [5.41, 5.74) is 0. The summed E-state index contributed by atoms with van der Waals surface area (Å²) in [6.45, 7) is 9.75. The van der Waals surface area contributed by atoms with Crippen LogP contribution in [0.3, 0.4) is 0 Å². The van der Waals surface area contributed by atoms with Crippen molar-refractivity contribution in [2.24, 2.45) is 10.9 Å². The van der Waals surface area contributed by atoms with Gasteiger partial charge in [0.2, 0.25) is 0 Å². The van der Waals surface area contributed by atoms with Crippen LogP contribution in [0.25, 0.3) is 0 Å². The van der Waals surface area contributed by atoms with E-state index in [0.717, 1.165) is 44.5 Å². The molecule has 1 saturated carbocycles. The molecule has 1 unspecified atom stereocenters. The molecule has 1 atom stereocenters. The van der Waals surface area contributed by atoms with Crippen LogP contribution in [0, 0.1) is 5.92 Å². The topological polar surface area (TPSA) is 45.7 Å². The average molecular weight is 269 g/mol. The van der Waals surface area contributed by atoms with Crippen molar-refractivity contribution in [1.29, 1.82) is 0 Å². The predicted molar refractivity (Wildman–Crippen MR) is 81.6 cm³/mol. The van der Waals surface area contributed by atoms with Gasteiger partial charge in [-0.3, -0.25) is 4.99 Å². The number of nitrogens with zero attached hydrogens (tertiary/aromatic N) is 1. The van der Waals surface area contributed by atoms with Gasteiger partial charge in [-0.2, -0.15) is 0 Å². The van der Waals surface area contributed by atoms with Crippen molar-refractivity contribution in [3.63, 3.8) is 0 Å². The first-order valence-electron chi connectivity index (χ1n) is 7.95. The first-order chi connectivity index (χ1) is 9.31. The molecule has 4 heteroatoms. The maximum absolute atomic E-state index is 5.92. The lowest BCUT2D eigenvalue weighted by Gasteiger charge is -2.22. The highest BCUT2D eigenvalue weighted by atomic mass is 16.5. The molecule has 0 radical (unpaired) electrons. The van der Waals surface area contributed by atoms with Crippen molar-refractivity contribution in [2.75, 3.05) is 26.2 Å². The van der Waals surface area contributed by atoms with E-state index in [1.54, 1.807) is 0 Å². The number of nitrogens with one attached hydrogen (secondary N) is 2. The van der Waals surface area contributed by atoms with E-state index in [2.05, 4.69) is 36.4 Å². The van der Waals surface area contributed by atoms with Gasteiger partial charge in [0, 0.05) is 26.2 Å². The molecule has 2 N–H and O–H groups in total. The molecule has 0 aliphatic heterocycles. The van der Waals surface area contributed by atoms with Crippen LogP contribution in [-0.4, -0.2) is 38.3 Å². The smallest absolute Gasteiger partial charge is 0.191 e. The Kier molecular flexibility index (Phi) is 8.63. The van der Waals surface area contributed by atoms with E-state index < -0.39 is 0 Å². The zero-order valence-electron chi connectivity index (χ0n) is 12.9. The molecule has 0 saturated heterocycles. The molecular weight excluding hydrogens is 238 g/mol. The Morgan fingerprint density at radius 3 is 2.32 bits per heavy atom. The molecule has 0 aromatic carbocycles. The maximum atomic E-state index is 5.92. The molecule has 1 rings (SSSR count). The molecule has 0 bridgehead atoms. The second-order valence-corrected chi connectivity index (χ2v) is 5.12. The maximum Gasteiger partial charge on any atom is 0.191 e. The Balaban J connectivity index is 2.38. The monoisotopic (exact) mass is 269 g/mol. The summed E-state index contributed by atoms with van der Waals surface area (Å²) in [7, 11) is 0. The second kappa shape index (κ2) is 10.1. The number of hydrogen-bond donors (Lipinski definition) is 2. The fourth-order valence-electron chi connectivity index (χ4n) is 2.81. The summed E-state index contributed by atoms with van der Waals surface area (Å²) in [4.78, 5) is 4.61. The van der Waals surface area contributed by atoms with E-state index >= 15 is 0 Å². The van der Waals surface area contributed by atoms with E-state index in [1.807, 2.05) is 0 Å². The van der Waals surface area contributed by atoms with E-state index in [9.17, 15) is 0 Å². The molecule has 0 spiro atoms. The average Bonchev–Trinajstić information content (AvgIpc) is 2.92. The number of ether oxygens (including phenoxy) is 1. The number of aliphatic imine (C=N–C) groups is 1. The minimum absolute atomic E-state index is 0.403. The Morgan fingerprint density at radius 1 is 1.16 bits per heavy atom. The summed E-state index contributed by atoms with van der Waals surface area (Å²) in [5.74, 6) is 1.68. The highest BCUT2D eigenvalue weighted by molar-refractivity contribution is 5.79. The Hall–Kier alpha value is -0.770. The molecule has 112 valence electrons. The quantitative estimate of drug-likeness (QED) is 0.526. The van der Waals surface area contributed by atoms with Gasteiger partial charge in [-0.1, -0.05) is 12.8 Å². The summed E-state index contributed by atoms with van der Waals surface area (Å²) in [5, 5.41) is 6.51. The van der Waals surface area contributed by atoms with Gasteiger partial charge in [-0.15, -0.1) is 0 Å². The van der Waals surface area contributed by atoms with E-state index in [4.69, 9.17) is 4.74 Å². The van der Waals surface area contributed by atoms with Gasteiger partial charge in [0.05, 0.1) is 6.10 Å². The lowest BCUT2D eigenvalue weighted by molar-refractivity contribution is 0.0177. The summed E-state index contributed by atoms with van der Waals surface area (Å²) < 4.78 is 5.92. The molecule has 4 nitrogen and oxygen atoms in total. The van der Waals surface area contributed by atoms with Gasteiger partial charge in [0.1, 0.15) is 0 Å². The zero-order valence-corrected chi connectivity index (χ0v) is 12.9. The predicted octanol–water partition coefficient (Wildman–Crippen LogP) is 2.55. The van der Waals surface area contributed by atoms with Crippen LogP contribution >= 0.6 is 0 Å².